The Morgan fingerprint density at radius 2 is 1.94 bits per heavy atom. The third kappa shape index (κ3) is 3.04. The van der Waals surface area contributed by atoms with Gasteiger partial charge in [-0.15, -0.1) is 0 Å². The molecule has 1 aromatic heterocycles. The van der Waals surface area contributed by atoms with Gasteiger partial charge in [0.25, 0.3) is 0 Å². The van der Waals surface area contributed by atoms with Crippen molar-refractivity contribution in [2.24, 2.45) is 5.73 Å². The fourth-order valence-corrected chi connectivity index (χ4v) is 1.60. The highest BCUT2D eigenvalue weighted by molar-refractivity contribution is 5.32. The maximum Gasteiger partial charge on any atom is 0.240 e. The molecule has 0 aliphatic heterocycles. The van der Waals surface area contributed by atoms with Crippen molar-refractivity contribution in [1.29, 1.82) is 0 Å². The van der Waals surface area contributed by atoms with E-state index < -0.39 is 0 Å². The Kier molecular flexibility index (Phi) is 3.39. The molecule has 0 aliphatic rings. The first-order chi connectivity index (χ1) is 8.17. The van der Waals surface area contributed by atoms with Gasteiger partial charge in [-0.05, 0) is 37.1 Å². The number of rotatable bonds is 4. The van der Waals surface area contributed by atoms with Gasteiger partial charge in [0.1, 0.15) is 5.75 Å². The Labute approximate surface area is 99.6 Å². The van der Waals surface area contributed by atoms with Crippen LogP contribution in [0.2, 0.25) is 0 Å². The van der Waals surface area contributed by atoms with Crippen LogP contribution in [-0.2, 0) is 13.2 Å². The van der Waals surface area contributed by atoms with Crippen LogP contribution in [-0.4, -0.2) is 10.1 Å². The van der Waals surface area contributed by atoms with E-state index in [-0.39, 0.29) is 13.2 Å². The number of aryl methyl sites for hydroxylation is 2. The number of nitrogens with two attached hydrogens (primary N) is 1. The lowest BCUT2D eigenvalue weighted by atomic mass is 10.1. The highest BCUT2D eigenvalue weighted by Crippen LogP contribution is 2.17. The summed E-state index contributed by atoms with van der Waals surface area (Å²) in [7, 11) is 0. The van der Waals surface area contributed by atoms with Crippen LogP contribution in [0.3, 0.4) is 0 Å². The summed E-state index contributed by atoms with van der Waals surface area (Å²) in [5, 5.41) is 3.76. The van der Waals surface area contributed by atoms with Gasteiger partial charge in [-0.25, -0.2) is 0 Å². The Bertz CT molecular complexity index is 488. The molecule has 0 saturated heterocycles. The van der Waals surface area contributed by atoms with Gasteiger partial charge >= 0.3 is 0 Å². The van der Waals surface area contributed by atoms with E-state index in [1.165, 1.54) is 0 Å². The number of benzene rings is 1. The van der Waals surface area contributed by atoms with Crippen molar-refractivity contribution in [3.05, 3.63) is 41.0 Å². The van der Waals surface area contributed by atoms with Crippen molar-refractivity contribution in [2.45, 2.75) is 27.0 Å². The van der Waals surface area contributed by atoms with Gasteiger partial charge in [0.05, 0.1) is 6.54 Å². The smallest absolute Gasteiger partial charge is 0.240 e. The third-order valence-corrected chi connectivity index (χ3v) is 2.25. The molecule has 0 bridgehead atoms. The first-order valence-electron chi connectivity index (χ1n) is 5.40. The fourth-order valence-electron chi connectivity index (χ4n) is 1.60. The van der Waals surface area contributed by atoms with Crippen molar-refractivity contribution in [2.75, 3.05) is 0 Å². The van der Waals surface area contributed by atoms with Crippen LogP contribution in [0.15, 0.2) is 22.7 Å². The monoisotopic (exact) mass is 233 g/mol. The first kappa shape index (κ1) is 11.6. The average molecular weight is 233 g/mol. The molecular weight excluding hydrogens is 218 g/mol. The van der Waals surface area contributed by atoms with Gasteiger partial charge in [-0.2, -0.15) is 4.98 Å². The summed E-state index contributed by atoms with van der Waals surface area (Å²) < 4.78 is 10.5. The summed E-state index contributed by atoms with van der Waals surface area (Å²) in [6.45, 7) is 4.59. The van der Waals surface area contributed by atoms with E-state index in [0.717, 1.165) is 16.9 Å². The molecule has 2 rings (SSSR count). The second kappa shape index (κ2) is 4.97. The van der Waals surface area contributed by atoms with E-state index in [9.17, 15) is 0 Å². The lowest BCUT2D eigenvalue weighted by Crippen LogP contribution is -2.00. The Balaban J connectivity index is 2.01. The molecule has 0 aliphatic carbocycles. The second-order valence-corrected chi connectivity index (χ2v) is 3.92. The van der Waals surface area contributed by atoms with Crippen LogP contribution in [0.5, 0.6) is 5.75 Å². The normalized spacial score (nSPS) is 10.5. The van der Waals surface area contributed by atoms with Crippen LogP contribution >= 0.6 is 0 Å². The molecule has 0 radical (unpaired) electrons. The van der Waals surface area contributed by atoms with Crippen molar-refractivity contribution < 1.29 is 9.26 Å². The maximum atomic E-state index is 5.59. The third-order valence-electron chi connectivity index (χ3n) is 2.25. The van der Waals surface area contributed by atoms with Crippen molar-refractivity contribution in [3.63, 3.8) is 0 Å². The molecule has 2 N–H and O–H groups in total. The minimum Gasteiger partial charge on any atom is -0.485 e. The van der Waals surface area contributed by atoms with Gasteiger partial charge in [-0.1, -0.05) is 11.2 Å². The minimum atomic E-state index is 0.247. The highest BCUT2D eigenvalue weighted by atomic mass is 16.5. The van der Waals surface area contributed by atoms with Crippen LogP contribution in [0.4, 0.5) is 0 Å². The number of hydrogen-bond donors (Lipinski definition) is 1. The molecule has 5 nitrogen and oxygen atoms in total. The highest BCUT2D eigenvalue weighted by Gasteiger charge is 2.05. The molecule has 0 fully saturated rings. The summed E-state index contributed by atoms with van der Waals surface area (Å²) in [4.78, 5) is 4.06. The minimum absolute atomic E-state index is 0.247. The standard InChI is InChI=1S/C12H15N3O2/c1-8-3-9(2)5-10(4-8)16-7-11-14-12(6-13)17-15-11/h3-5H,6-7,13H2,1-2H3. The average Bonchev–Trinajstić information content (AvgIpc) is 2.73. The number of aromatic nitrogens is 2. The summed E-state index contributed by atoms with van der Waals surface area (Å²) in [6, 6.07) is 6.03. The van der Waals surface area contributed by atoms with Crippen molar-refractivity contribution in [1.82, 2.24) is 10.1 Å². The Morgan fingerprint density at radius 1 is 1.24 bits per heavy atom. The number of nitrogens with zero attached hydrogens (tertiary/aromatic N) is 2. The molecule has 90 valence electrons. The first-order valence-corrected chi connectivity index (χ1v) is 5.40. The van der Waals surface area contributed by atoms with Crippen molar-refractivity contribution in [3.8, 4) is 5.75 Å². The van der Waals surface area contributed by atoms with Gasteiger partial charge in [-0.3, -0.25) is 0 Å². The van der Waals surface area contributed by atoms with Gasteiger partial charge in [0, 0.05) is 0 Å². The Hall–Kier alpha value is -1.88. The summed E-state index contributed by atoms with van der Waals surface area (Å²) in [6.07, 6.45) is 0. The largest absolute Gasteiger partial charge is 0.485 e. The van der Waals surface area contributed by atoms with Crippen LogP contribution in [0.1, 0.15) is 22.8 Å². The van der Waals surface area contributed by atoms with Crippen LogP contribution < -0.4 is 10.5 Å². The molecule has 1 heterocycles. The summed E-state index contributed by atoms with van der Waals surface area (Å²) in [5.41, 5.74) is 7.70. The molecule has 0 atom stereocenters. The number of hydrogen-bond acceptors (Lipinski definition) is 5. The summed E-state index contributed by atoms with van der Waals surface area (Å²) >= 11 is 0. The maximum absolute atomic E-state index is 5.59. The summed E-state index contributed by atoms with van der Waals surface area (Å²) in [5.74, 6) is 1.73. The van der Waals surface area contributed by atoms with Crippen molar-refractivity contribution >= 4 is 0 Å². The van der Waals surface area contributed by atoms with Crippen LogP contribution in [0.25, 0.3) is 0 Å². The topological polar surface area (TPSA) is 74.2 Å². The molecular formula is C12H15N3O2. The zero-order valence-electron chi connectivity index (χ0n) is 9.93. The quantitative estimate of drug-likeness (QED) is 0.870. The van der Waals surface area contributed by atoms with E-state index in [1.54, 1.807) is 0 Å². The second-order valence-electron chi connectivity index (χ2n) is 3.92. The van der Waals surface area contributed by atoms with Gasteiger partial charge in [0.2, 0.25) is 11.7 Å². The molecule has 0 spiro atoms. The molecule has 5 heteroatoms. The van der Waals surface area contributed by atoms with Crippen LogP contribution in [0, 0.1) is 13.8 Å². The van der Waals surface area contributed by atoms with E-state index >= 15 is 0 Å². The lowest BCUT2D eigenvalue weighted by molar-refractivity contribution is 0.285. The van der Waals surface area contributed by atoms with Gasteiger partial charge in [0.15, 0.2) is 6.61 Å². The molecule has 0 amide bonds. The van der Waals surface area contributed by atoms with E-state index in [2.05, 4.69) is 16.2 Å². The zero-order valence-corrected chi connectivity index (χ0v) is 9.93. The van der Waals surface area contributed by atoms with E-state index in [0.29, 0.717) is 11.7 Å². The van der Waals surface area contributed by atoms with E-state index in [4.69, 9.17) is 15.0 Å². The van der Waals surface area contributed by atoms with E-state index in [1.807, 2.05) is 26.0 Å². The predicted octanol–water partition coefficient (Wildman–Crippen LogP) is 1.72. The Morgan fingerprint density at radius 3 is 2.53 bits per heavy atom. The molecule has 1 aromatic carbocycles. The number of ether oxygens (including phenoxy) is 1. The molecule has 17 heavy (non-hydrogen) atoms. The molecule has 0 unspecified atom stereocenters. The fraction of sp³-hybridized carbons (Fsp3) is 0.333. The lowest BCUT2D eigenvalue weighted by Gasteiger charge is -2.05. The predicted molar refractivity (Wildman–Crippen MR) is 62.4 cm³/mol. The van der Waals surface area contributed by atoms with Gasteiger partial charge < -0.3 is 15.0 Å². The SMILES string of the molecule is Cc1cc(C)cc(OCc2noc(CN)n2)c1. The molecule has 2 aromatic rings. The molecule has 0 saturated carbocycles. The zero-order chi connectivity index (χ0) is 12.3.